The zero-order chi connectivity index (χ0) is 14.6. The van der Waals surface area contributed by atoms with Crippen LogP contribution >= 0.6 is 0 Å². The van der Waals surface area contributed by atoms with Crippen LogP contribution in [0.25, 0.3) is 0 Å². The average molecular weight is 278 g/mol. The second-order valence-corrected chi connectivity index (χ2v) is 6.01. The van der Waals surface area contributed by atoms with E-state index in [0.717, 1.165) is 19.7 Å². The average Bonchev–Trinajstić information content (AvgIpc) is 2.39. The molecule has 1 atom stereocenters. The van der Waals surface area contributed by atoms with E-state index >= 15 is 0 Å². The Kier molecular flexibility index (Phi) is 5.16. The third-order valence-corrected chi connectivity index (χ3v) is 3.77. The molecule has 1 aromatic carbocycles. The van der Waals surface area contributed by atoms with E-state index in [1.165, 1.54) is 11.1 Å². The van der Waals surface area contributed by atoms with Gasteiger partial charge in [-0.2, -0.15) is 0 Å². The standard InChI is InChI=1S/C16H26N2O2/c1-16(2)12-18(7-8-20-16)15(10-17)14-6-4-5-13(9-14)11-19-3/h4-6,9,15H,7-8,10-12,17H2,1-3H3. The van der Waals surface area contributed by atoms with Crippen molar-refractivity contribution < 1.29 is 9.47 Å². The van der Waals surface area contributed by atoms with E-state index in [-0.39, 0.29) is 11.6 Å². The second-order valence-electron chi connectivity index (χ2n) is 6.01. The molecule has 1 aliphatic rings. The summed E-state index contributed by atoms with van der Waals surface area (Å²) in [5.41, 5.74) is 8.39. The Hall–Kier alpha value is -0.940. The highest BCUT2D eigenvalue weighted by Crippen LogP contribution is 2.26. The van der Waals surface area contributed by atoms with Crippen LogP contribution in [0, 0.1) is 0 Å². The molecule has 0 radical (unpaired) electrons. The topological polar surface area (TPSA) is 47.7 Å². The largest absolute Gasteiger partial charge is 0.380 e. The SMILES string of the molecule is COCc1cccc(C(CN)N2CCOC(C)(C)C2)c1. The summed E-state index contributed by atoms with van der Waals surface area (Å²) >= 11 is 0. The molecule has 1 saturated heterocycles. The number of nitrogens with two attached hydrogens (primary N) is 1. The fourth-order valence-electron chi connectivity index (χ4n) is 2.87. The molecule has 1 heterocycles. The first-order valence-corrected chi connectivity index (χ1v) is 7.21. The Morgan fingerprint density at radius 2 is 2.25 bits per heavy atom. The number of methoxy groups -OCH3 is 1. The van der Waals surface area contributed by atoms with Crippen LogP contribution in [-0.2, 0) is 16.1 Å². The Morgan fingerprint density at radius 3 is 2.90 bits per heavy atom. The van der Waals surface area contributed by atoms with Gasteiger partial charge in [0, 0.05) is 32.8 Å². The normalized spacial score (nSPS) is 20.8. The van der Waals surface area contributed by atoms with Crippen LogP contribution < -0.4 is 5.73 Å². The minimum absolute atomic E-state index is 0.101. The Labute approximate surface area is 121 Å². The molecule has 1 fully saturated rings. The van der Waals surface area contributed by atoms with Crippen molar-refractivity contribution in [2.45, 2.75) is 32.1 Å². The Morgan fingerprint density at radius 1 is 1.45 bits per heavy atom. The molecular formula is C16H26N2O2. The molecule has 2 N–H and O–H groups in total. The number of rotatable bonds is 5. The molecule has 0 aliphatic carbocycles. The number of nitrogens with zero attached hydrogens (tertiary/aromatic N) is 1. The van der Waals surface area contributed by atoms with Gasteiger partial charge >= 0.3 is 0 Å². The maximum absolute atomic E-state index is 6.03. The van der Waals surface area contributed by atoms with Crippen molar-refractivity contribution in [1.29, 1.82) is 0 Å². The van der Waals surface area contributed by atoms with E-state index < -0.39 is 0 Å². The molecule has 1 aliphatic heterocycles. The molecule has 2 rings (SSSR count). The van der Waals surface area contributed by atoms with Crippen LogP contribution in [0.3, 0.4) is 0 Å². The monoisotopic (exact) mass is 278 g/mol. The van der Waals surface area contributed by atoms with Crippen molar-refractivity contribution in [3.8, 4) is 0 Å². The van der Waals surface area contributed by atoms with E-state index in [9.17, 15) is 0 Å². The van der Waals surface area contributed by atoms with Crippen LogP contribution in [0.1, 0.15) is 31.0 Å². The Bertz CT molecular complexity index is 434. The highest BCUT2D eigenvalue weighted by atomic mass is 16.5. The van der Waals surface area contributed by atoms with Crippen LogP contribution in [0.2, 0.25) is 0 Å². The number of morpholine rings is 1. The van der Waals surface area contributed by atoms with E-state index in [2.05, 4.69) is 43.0 Å². The van der Waals surface area contributed by atoms with Crippen molar-refractivity contribution in [1.82, 2.24) is 4.90 Å². The summed E-state index contributed by atoms with van der Waals surface area (Å²) in [5.74, 6) is 0. The molecule has 0 spiro atoms. The lowest BCUT2D eigenvalue weighted by molar-refractivity contribution is -0.0967. The van der Waals surface area contributed by atoms with Gasteiger partial charge < -0.3 is 15.2 Å². The van der Waals surface area contributed by atoms with Crippen molar-refractivity contribution in [3.05, 3.63) is 35.4 Å². The van der Waals surface area contributed by atoms with E-state index in [0.29, 0.717) is 13.2 Å². The molecule has 0 saturated carbocycles. The molecule has 20 heavy (non-hydrogen) atoms. The fraction of sp³-hybridized carbons (Fsp3) is 0.625. The molecule has 0 bridgehead atoms. The smallest absolute Gasteiger partial charge is 0.0753 e. The molecule has 0 amide bonds. The van der Waals surface area contributed by atoms with Crippen LogP contribution in [0.4, 0.5) is 0 Å². The van der Waals surface area contributed by atoms with Gasteiger partial charge in [-0.15, -0.1) is 0 Å². The third kappa shape index (κ3) is 3.79. The summed E-state index contributed by atoms with van der Waals surface area (Å²) in [6, 6.07) is 8.76. The highest BCUT2D eigenvalue weighted by molar-refractivity contribution is 5.26. The summed E-state index contributed by atoms with van der Waals surface area (Å²) in [6.45, 7) is 8.12. The first-order chi connectivity index (χ1) is 9.55. The van der Waals surface area contributed by atoms with Gasteiger partial charge in [-0.3, -0.25) is 4.90 Å². The first kappa shape index (κ1) is 15.4. The summed E-state index contributed by atoms with van der Waals surface area (Å²) in [7, 11) is 1.72. The summed E-state index contributed by atoms with van der Waals surface area (Å²) < 4.78 is 11.0. The quantitative estimate of drug-likeness (QED) is 0.894. The van der Waals surface area contributed by atoms with Gasteiger partial charge in [-0.1, -0.05) is 24.3 Å². The van der Waals surface area contributed by atoms with Gasteiger partial charge in [0.2, 0.25) is 0 Å². The number of ether oxygens (including phenoxy) is 2. The summed E-state index contributed by atoms with van der Waals surface area (Å²) in [4.78, 5) is 2.43. The molecule has 4 nitrogen and oxygen atoms in total. The molecule has 1 aromatic rings. The summed E-state index contributed by atoms with van der Waals surface area (Å²) in [6.07, 6.45) is 0. The van der Waals surface area contributed by atoms with Crippen molar-refractivity contribution in [2.75, 3.05) is 33.4 Å². The van der Waals surface area contributed by atoms with Crippen molar-refractivity contribution >= 4 is 0 Å². The number of hydrogen-bond acceptors (Lipinski definition) is 4. The van der Waals surface area contributed by atoms with E-state index in [1.54, 1.807) is 7.11 Å². The van der Waals surface area contributed by atoms with Crippen molar-refractivity contribution in [3.63, 3.8) is 0 Å². The predicted molar refractivity (Wildman–Crippen MR) is 80.6 cm³/mol. The van der Waals surface area contributed by atoms with Gasteiger partial charge in [0.25, 0.3) is 0 Å². The van der Waals surface area contributed by atoms with Crippen LogP contribution in [0.5, 0.6) is 0 Å². The van der Waals surface area contributed by atoms with Gasteiger partial charge in [0.15, 0.2) is 0 Å². The zero-order valence-electron chi connectivity index (χ0n) is 12.8. The molecule has 4 heteroatoms. The minimum atomic E-state index is -0.101. The van der Waals surface area contributed by atoms with Crippen molar-refractivity contribution in [2.24, 2.45) is 5.73 Å². The highest BCUT2D eigenvalue weighted by Gasteiger charge is 2.31. The molecule has 112 valence electrons. The second kappa shape index (κ2) is 6.68. The van der Waals surface area contributed by atoms with E-state index in [4.69, 9.17) is 15.2 Å². The fourth-order valence-corrected chi connectivity index (χ4v) is 2.87. The van der Waals surface area contributed by atoms with Gasteiger partial charge in [0.05, 0.1) is 18.8 Å². The van der Waals surface area contributed by atoms with Crippen LogP contribution in [-0.4, -0.2) is 43.9 Å². The maximum atomic E-state index is 6.03. The minimum Gasteiger partial charge on any atom is -0.380 e. The van der Waals surface area contributed by atoms with Crippen LogP contribution in [0.15, 0.2) is 24.3 Å². The summed E-state index contributed by atoms with van der Waals surface area (Å²) in [5, 5.41) is 0. The number of hydrogen-bond donors (Lipinski definition) is 1. The van der Waals surface area contributed by atoms with E-state index in [1.807, 2.05) is 0 Å². The van der Waals surface area contributed by atoms with Gasteiger partial charge in [-0.25, -0.2) is 0 Å². The molecule has 0 aromatic heterocycles. The number of benzene rings is 1. The first-order valence-electron chi connectivity index (χ1n) is 7.21. The van der Waals surface area contributed by atoms with Gasteiger partial charge in [0.1, 0.15) is 0 Å². The maximum Gasteiger partial charge on any atom is 0.0753 e. The lowest BCUT2D eigenvalue weighted by Crippen LogP contribution is -2.50. The molecular weight excluding hydrogens is 252 g/mol. The zero-order valence-corrected chi connectivity index (χ0v) is 12.8. The Balaban J connectivity index is 2.16. The van der Waals surface area contributed by atoms with Gasteiger partial charge in [-0.05, 0) is 25.0 Å². The molecule has 1 unspecified atom stereocenters. The predicted octanol–water partition coefficient (Wildman–Crippen LogP) is 1.94. The third-order valence-electron chi connectivity index (χ3n) is 3.77. The lowest BCUT2D eigenvalue weighted by atomic mass is 9.99. The lowest BCUT2D eigenvalue weighted by Gasteiger charge is -2.42.